The smallest absolute Gasteiger partial charge is 0.329 e. The van der Waals surface area contributed by atoms with Crippen LogP contribution in [0.5, 0.6) is 0 Å². The van der Waals surface area contributed by atoms with E-state index in [1.807, 2.05) is 20.8 Å². The summed E-state index contributed by atoms with van der Waals surface area (Å²) in [5.41, 5.74) is 1.31. The van der Waals surface area contributed by atoms with E-state index in [-0.39, 0.29) is 49.5 Å². The van der Waals surface area contributed by atoms with Crippen molar-refractivity contribution in [2.24, 2.45) is 29.6 Å². The van der Waals surface area contributed by atoms with Gasteiger partial charge < -0.3 is 33.7 Å². The standard InChI is InChI=1S/C42H64FNO10/c1-9-29-19-24(3)36(43)25(4)20-34(50-7)38-35(51-8)21-27(6)42(49,54-38)39(46)40(47)44-17-11-10-12-30(44)41(48)53-37(23(2)13-15-31(29)45)26(5)18-28-14-16-32-33(22-28)52-32/h18-19,23,25,27-30,32-38,49H,9-17,20-22H2,1-8H3/b24-19+,26-18?/t23?,25?,27?,28?,29?,30?,32-,33+,34?,35?,36?,37?,38?,42?/m0/s1. The number of esters is 1. The predicted molar refractivity (Wildman–Crippen MR) is 199 cm³/mol. The number of cyclic esters (lactones) is 1. The maximum absolute atomic E-state index is 16.1. The van der Waals surface area contributed by atoms with Gasteiger partial charge in [0.05, 0.1) is 24.4 Å². The van der Waals surface area contributed by atoms with Gasteiger partial charge in [-0.25, -0.2) is 9.18 Å². The largest absolute Gasteiger partial charge is 0.456 e. The molecule has 1 aliphatic carbocycles. The Morgan fingerprint density at radius 2 is 1.69 bits per heavy atom. The van der Waals surface area contributed by atoms with E-state index < -0.39 is 77.8 Å². The summed E-state index contributed by atoms with van der Waals surface area (Å²) in [6, 6.07) is -1.04. The minimum Gasteiger partial charge on any atom is -0.456 e. The van der Waals surface area contributed by atoms with Crippen molar-refractivity contribution < 1.29 is 52.4 Å². The van der Waals surface area contributed by atoms with Crippen LogP contribution in [-0.4, -0.2) is 109 Å². The number of piperidine rings is 1. The average molecular weight is 762 g/mol. The van der Waals surface area contributed by atoms with E-state index in [2.05, 4.69) is 6.08 Å². The number of ketones is 2. The minimum absolute atomic E-state index is 0.00496. The molecule has 0 aromatic rings. The first-order chi connectivity index (χ1) is 25.6. The zero-order valence-corrected chi connectivity index (χ0v) is 33.6. The molecule has 0 aromatic carbocycles. The number of methoxy groups -OCH3 is 2. The molecule has 4 aliphatic heterocycles. The normalized spacial score (nSPS) is 43.2. The lowest BCUT2D eigenvalue weighted by molar-refractivity contribution is -0.302. The second kappa shape index (κ2) is 18.2. The topological polar surface area (TPSA) is 141 Å². The number of carbonyl (C=O) groups is 4. The summed E-state index contributed by atoms with van der Waals surface area (Å²) in [6.45, 7) is 11.0. The molecule has 5 aliphatic rings. The third-order valence-corrected chi connectivity index (χ3v) is 12.9. The molecular formula is C42H64FNO10. The molecule has 14 atom stereocenters. The Balaban J connectivity index is 1.51. The number of carbonyl (C=O) groups excluding carboxylic acids is 4. The van der Waals surface area contributed by atoms with Gasteiger partial charge in [-0.15, -0.1) is 0 Å². The Labute approximate surface area is 320 Å². The monoisotopic (exact) mass is 761 g/mol. The summed E-state index contributed by atoms with van der Waals surface area (Å²) in [5, 5.41) is 12.0. The van der Waals surface area contributed by atoms with E-state index in [1.165, 1.54) is 19.1 Å². The lowest BCUT2D eigenvalue weighted by Gasteiger charge is -2.47. The first-order valence-electron chi connectivity index (χ1n) is 20.3. The Kier molecular flexibility index (Phi) is 14.3. The molecule has 4 fully saturated rings. The second-order valence-electron chi connectivity index (χ2n) is 16.9. The van der Waals surface area contributed by atoms with E-state index in [9.17, 15) is 24.3 Å². The van der Waals surface area contributed by atoms with Gasteiger partial charge in [-0.1, -0.05) is 39.8 Å². The van der Waals surface area contributed by atoms with Crippen LogP contribution in [0, 0.1) is 29.6 Å². The number of rotatable bonds is 5. The summed E-state index contributed by atoms with van der Waals surface area (Å²) in [5.74, 6) is -7.27. The molecular weight excluding hydrogens is 697 g/mol. The highest BCUT2D eigenvalue weighted by Gasteiger charge is 2.57. The van der Waals surface area contributed by atoms with Crippen molar-refractivity contribution in [2.75, 3.05) is 20.8 Å². The summed E-state index contributed by atoms with van der Waals surface area (Å²) in [7, 11) is 2.93. The van der Waals surface area contributed by atoms with Crippen LogP contribution in [0.3, 0.4) is 0 Å². The molecule has 1 amide bonds. The Bertz CT molecular complexity index is 1430. The minimum atomic E-state index is -2.54. The van der Waals surface area contributed by atoms with Gasteiger partial charge in [0.1, 0.15) is 30.2 Å². The van der Waals surface area contributed by atoms with Crippen LogP contribution in [0.1, 0.15) is 112 Å². The number of hydrogen-bond donors (Lipinski definition) is 1. The van der Waals surface area contributed by atoms with Gasteiger partial charge in [0.25, 0.3) is 11.7 Å². The predicted octanol–water partition coefficient (Wildman–Crippen LogP) is 5.84. The fourth-order valence-corrected chi connectivity index (χ4v) is 9.34. The van der Waals surface area contributed by atoms with Gasteiger partial charge in [0, 0.05) is 39.0 Å². The van der Waals surface area contributed by atoms with Gasteiger partial charge in [0.2, 0.25) is 5.79 Å². The fraction of sp³-hybridized carbons (Fsp3) is 0.810. The number of halogens is 1. The number of epoxide rings is 1. The quantitative estimate of drug-likeness (QED) is 0.157. The summed E-state index contributed by atoms with van der Waals surface area (Å²) >= 11 is 0. The van der Waals surface area contributed by atoms with Crippen molar-refractivity contribution in [2.45, 2.75) is 167 Å². The zero-order valence-electron chi connectivity index (χ0n) is 33.6. The van der Waals surface area contributed by atoms with Crippen LogP contribution in [0.4, 0.5) is 4.39 Å². The van der Waals surface area contributed by atoms with Crippen molar-refractivity contribution in [1.29, 1.82) is 0 Å². The highest BCUT2D eigenvalue weighted by Crippen LogP contribution is 2.42. The Morgan fingerprint density at radius 1 is 0.981 bits per heavy atom. The van der Waals surface area contributed by atoms with E-state index in [4.69, 9.17) is 23.7 Å². The molecule has 4 heterocycles. The maximum Gasteiger partial charge on any atom is 0.329 e. The number of alkyl halides is 1. The second-order valence-corrected chi connectivity index (χ2v) is 16.9. The molecule has 54 heavy (non-hydrogen) atoms. The SMILES string of the molecule is CCC1/C=C(\C)C(F)C(C)CC(OC)C2OC(O)(C(=O)C(=O)N3CCCCC3C(=O)OC(C(C)=CC3CC[C@@H]4O[C@@H]4C3)C(C)CCC1=O)C(C)CC2OC. The number of amides is 1. The van der Waals surface area contributed by atoms with Crippen LogP contribution in [0.2, 0.25) is 0 Å². The van der Waals surface area contributed by atoms with Crippen molar-refractivity contribution in [3.8, 4) is 0 Å². The third-order valence-electron chi connectivity index (χ3n) is 12.9. The molecule has 0 spiro atoms. The van der Waals surface area contributed by atoms with Crippen molar-refractivity contribution in [1.82, 2.24) is 4.90 Å². The molecule has 1 N–H and O–H groups in total. The number of ether oxygens (including phenoxy) is 5. The van der Waals surface area contributed by atoms with Gasteiger partial charge in [-0.3, -0.25) is 14.4 Å². The van der Waals surface area contributed by atoms with E-state index in [0.29, 0.717) is 43.8 Å². The van der Waals surface area contributed by atoms with Gasteiger partial charge in [0.15, 0.2) is 0 Å². The number of allylic oxidation sites excluding steroid dienone is 3. The average Bonchev–Trinajstić information content (AvgIpc) is 3.95. The number of Topliss-reactive ketones (excluding diaryl/α,β-unsaturated/α-hetero) is 2. The zero-order chi connectivity index (χ0) is 39.5. The van der Waals surface area contributed by atoms with Crippen molar-refractivity contribution in [3.63, 3.8) is 0 Å². The van der Waals surface area contributed by atoms with Gasteiger partial charge in [-0.05, 0) is 107 Å². The van der Waals surface area contributed by atoms with Crippen LogP contribution in [0.25, 0.3) is 0 Å². The first kappa shape index (κ1) is 42.6. The van der Waals surface area contributed by atoms with Crippen LogP contribution >= 0.6 is 0 Å². The first-order valence-corrected chi connectivity index (χ1v) is 20.3. The number of hydrogen-bond acceptors (Lipinski definition) is 10. The third kappa shape index (κ3) is 9.36. The lowest BCUT2D eigenvalue weighted by atomic mass is 9.81. The number of fused-ring (bicyclic) bond motifs is 4. The van der Waals surface area contributed by atoms with Crippen LogP contribution < -0.4 is 0 Å². The van der Waals surface area contributed by atoms with E-state index >= 15 is 4.39 Å². The molecule has 12 unspecified atom stereocenters. The fourth-order valence-electron chi connectivity index (χ4n) is 9.34. The summed E-state index contributed by atoms with van der Waals surface area (Å²) < 4.78 is 45.9. The molecule has 304 valence electrons. The molecule has 0 radical (unpaired) electrons. The van der Waals surface area contributed by atoms with Crippen molar-refractivity contribution in [3.05, 3.63) is 23.3 Å². The molecule has 3 saturated heterocycles. The lowest BCUT2D eigenvalue weighted by Crippen LogP contribution is -2.64. The van der Waals surface area contributed by atoms with Crippen molar-refractivity contribution >= 4 is 23.4 Å². The molecule has 11 nitrogen and oxygen atoms in total. The molecule has 1 saturated carbocycles. The highest BCUT2D eigenvalue weighted by atomic mass is 19.1. The molecule has 0 aromatic heterocycles. The van der Waals surface area contributed by atoms with E-state index in [1.54, 1.807) is 26.8 Å². The number of aliphatic hydroxyl groups is 1. The van der Waals surface area contributed by atoms with Gasteiger partial charge >= 0.3 is 5.97 Å². The van der Waals surface area contributed by atoms with Gasteiger partial charge in [-0.2, -0.15) is 0 Å². The maximum atomic E-state index is 16.1. The Hall–Kier alpha value is -2.51. The summed E-state index contributed by atoms with van der Waals surface area (Å²) in [6.07, 6.45) is 5.82. The molecule has 12 heteroatoms. The van der Waals surface area contributed by atoms with E-state index in [0.717, 1.165) is 24.8 Å². The summed E-state index contributed by atoms with van der Waals surface area (Å²) in [4.78, 5) is 57.4. The van der Waals surface area contributed by atoms with Crippen LogP contribution in [-0.2, 0) is 42.9 Å². The molecule has 2 bridgehead atoms. The highest BCUT2D eigenvalue weighted by molar-refractivity contribution is 6.39. The molecule has 5 rings (SSSR count). The van der Waals surface area contributed by atoms with Crippen LogP contribution in [0.15, 0.2) is 23.3 Å². The Morgan fingerprint density at radius 3 is 2.35 bits per heavy atom. The number of nitrogens with zero attached hydrogens (tertiary/aromatic N) is 1.